The number of ether oxygens (including phenoxy) is 1. The van der Waals surface area contributed by atoms with Crippen molar-refractivity contribution in [3.8, 4) is 5.75 Å². The van der Waals surface area contributed by atoms with Crippen molar-refractivity contribution in [2.24, 2.45) is 0 Å². The number of carbonyl (C=O) groups excluding carboxylic acids is 1. The number of anilines is 1. The van der Waals surface area contributed by atoms with Crippen molar-refractivity contribution >= 4 is 11.6 Å². The van der Waals surface area contributed by atoms with Crippen LogP contribution in [-0.4, -0.2) is 25.1 Å². The van der Waals surface area contributed by atoms with Gasteiger partial charge >= 0.3 is 0 Å². The second-order valence-corrected chi connectivity index (χ2v) is 3.89. The predicted molar refractivity (Wildman–Crippen MR) is 62.6 cm³/mol. The molecule has 1 aliphatic rings. The molecular formula is C12H15FN2O2. The Morgan fingerprint density at radius 1 is 1.65 bits per heavy atom. The van der Waals surface area contributed by atoms with Gasteiger partial charge in [0.25, 0.3) is 5.91 Å². The summed E-state index contributed by atoms with van der Waals surface area (Å²) in [4.78, 5) is 11.7. The van der Waals surface area contributed by atoms with Gasteiger partial charge in [-0.1, -0.05) is 13.0 Å². The zero-order valence-electron chi connectivity index (χ0n) is 9.63. The van der Waals surface area contributed by atoms with Crippen molar-refractivity contribution in [2.45, 2.75) is 19.4 Å². The fourth-order valence-electron chi connectivity index (χ4n) is 1.66. The zero-order chi connectivity index (χ0) is 12.3. The van der Waals surface area contributed by atoms with E-state index in [1.807, 2.05) is 6.92 Å². The number of para-hydroxylation sites is 1. The van der Waals surface area contributed by atoms with E-state index >= 15 is 0 Å². The molecule has 1 aromatic carbocycles. The summed E-state index contributed by atoms with van der Waals surface area (Å²) >= 11 is 0. The minimum atomic E-state index is -0.675. The van der Waals surface area contributed by atoms with Crippen molar-refractivity contribution in [1.82, 2.24) is 5.32 Å². The first-order valence-electron chi connectivity index (χ1n) is 5.69. The Morgan fingerprint density at radius 3 is 3.24 bits per heavy atom. The van der Waals surface area contributed by atoms with Crippen LogP contribution >= 0.6 is 0 Å². The van der Waals surface area contributed by atoms with Crippen molar-refractivity contribution in [1.29, 1.82) is 0 Å². The van der Waals surface area contributed by atoms with E-state index < -0.39 is 11.9 Å². The number of amides is 1. The van der Waals surface area contributed by atoms with Crippen LogP contribution in [0.15, 0.2) is 18.2 Å². The van der Waals surface area contributed by atoms with Crippen LogP contribution in [0.3, 0.4) is 0 Å². The first-order chi connectivity index (χ1) is 8.22. The number of fused-ring (bicyclic) bond motifs is 1. The molecule has 92 valence electrons. The van der Waals surface area contributed by atoms with Crippen LogP contribution in [0, 0.1) is 5.82 Å². The van der Waals surface area contributed by atoms with Gasteiger partial charge in [0, 0.05) is 6.54 Å². The lowest BCUT2D eigenvalue weighted by molar-refractivity contribution is -0.127. The van der Waals surface area contributed by atoms with Crippen molar-refractivity contribution < 1.29 is 13.9 Å². The molecule has 1 aliphatic heterocycles. The van der Waals surface area contributed by atoms with Gasteiger partial charge in [0.2, 0.25) is 0 Å². The molecule has 1 heterocycles. The fraction of sp³-hybridized carbons (Fsp3) is 0.417. The van der Waals surface area contributed by atoms with E-state index in [1.165, 1.54) is 6.07 Å². The maximum Gasteiger partial charge on any atom is 0.262 e. The third kappa shape index (κ3) is 2.49. The highest BCUT2D eigenvalue weighted by atomic mass is 19.1. The SMILES string of the molecule is CCCNC(=O)C1CNc2cccc(F)c2O1. The highest BCUT2D eigenvalue weighted by Crippen LogP contribution is 2.31. The maximum absolute atomic E-state index is 13.5. The molecule has 1 aromatic rings. The average molecular weight is 238 g/mol. The molecule has 0 aromatic heterocycles. The van der Waals surface area contributed by atoms with Crippen LogP contribution in [0.4, 0.5) is 10.1 Å². The second-order valence-electron chi connectivity index (χ2n) is 3.89. The normalized spacial score (nSPS) is 17.6. The molecule has 17 heavy (non-hydrogen) atoms. The number of rotatable bonds is 3. The van der Waals surface area contributed by atoms with E-state index in [4.69, 9.17) is 4.74 Å². The molecule has 0 radical (unpaired) electrons. The summed E-state index contributed by atoms with van der Waals surface area (Å²) in [6, 6.07) is 4.63. The van der Waals surface area contributed by atoms with Gasteiger partial charge in [-0.25, -0.2) is 4.39 Å². The summed E-state index contributed by atoms with van der Waals surface area (Å²) in [5, 5.41) is 5.71. The molecule has 2 N–H and O–H groups in total. The highest BCUT2D eigenvalue weighted by Gasteiger charge is 2.27. The summed E-state index contributed by atoms with van der Waals surface area (Å²) < 4.78 is 18.8. The van der Waals surface area contributed by atoms with Crippen LogP contribution in [0.1, 0.15) is 13.3 Å². The first kappa shape index (κ1) is 11.7. The van der Waals surface area contributed by atoms with E-state index in [9.17, 15) is 9.18 Å². The lowest BCUT2D eigenvalue weighted by Gasteiger charge is -2.26. The molecule has 0 saturated heterocycles. The molecular weight excluding hydrogens is 223 g/mol. The standard InChI is InChI=1S/C12H15FN2O2/c1-2-6-14-12(16)10-7-15-9-5-3-4-8(13)11(9)17-10/h3-5,10,15H,2,6-7H2,1H3,(H,14,16). The molecule has 0 fully saturated rings. The molecule has 0 saturated carbocycles. The van der Waals surface area contributed by atoms with E-state index in [-0.39, 0.29) is 11.7 Å². The minimum absolute atomic E-state index is 0.121. The van der Waals surface area contributed by atoms with Crippen LogP contribution in [0.25, 0.3) is 0 Å². The largest absolute Gasteiger partial charge is 0.473 e. The van der Waals surface area contributed by atoms with Crippen molar-refractivity contribution in [2.75, 3.05) is 18.4 Å². The smallest absolute Gasteiger partial charge is 0.262 e. The number of halogens is 1. The minimum Gasteiger partial charge on any atom is -0.473 e. The first-order valence-corrected chi connectivity index (χ1v) is 5.69. The second kappa shape index (κ2) is 5.03. The molecule has 5 heteroatoms. The Bertz CT molecular complexity index is 423. The number of hydrogen-bond acceptors (Lipinski definition) is 3. The van der Waals surface area contributed by atoms with E-state index in [0.717, 1.165) is 6.42 Å². The van der Waals surface area contributed by atoms with Gasteiger partial charge in [-0.2, -0.15) is 0 Å². The van der Waals surface area contributed by atoms with Crippen LogP contribution in [0.2, 0.25) is 0 Å². The summed E-state index contributed by atoms with van der Waals surface area (Å²) in [7, 11) is 0. The van der Waals surface area contributed by atoms with E-state index in [2.05, 4.69) is 10.6 Å². The summed E-state index contributed by atoms with van der Waals surface area (Å²) in [6.07, 6.45) is 0.183. The topological polar surface area (TPSA) is 50.4 Å². The molecule has 0 bridgehead atoms. The van der Waals surface area contributed by atoms with Crippen molar-refractivity contribution in [3.63, 3.8) is 0 Å². The molecule has 0 spiro atoms. The third-order valence-corrected chi connectivity index (χ3v) is 2.55. The van der Waals surface area contributed by atoms with Gasteiger partial charge in [0.05, 0.1) is 12.2 Å². The monoisotopic (exact) mass is 238 g/mol. The number of hydrogen-bond donors (Lipinski definition) is 2. The average Bonchev–Trinajstić information content (AvgIpc) is 2.36. The fourth-order valence-corrected chi connectivity index (χ4v) is 1.66. The van der Waals surface area contributed by atoms with Gasteiger partial charge in [-0.15, -0.1) is 0 Å². The molecule has 2 rings (SSSR count). The Hall–Kier alpha value is -1.78. The summed E-state index contributed by atoms with van der Waals surface area (Å²) in [5.74, 6) is -0.549. The van der Waals surface area contributed by atoms with E-state index in [0.29, 0.717) is 18.8 Å². The van der Waals surface area contributed by atoms with E-state index in [1.54, 1.807) is 12.1 Å². The van der Waals surface area contributed by atoms with Gasteiger partial charge in [-0.05, 0) is 18.6 Å². The van der Waals surface area contributed by atoms with Crippen LogP contribution in [-0.2, 0) is 4.79 Å². The Labute approximate surface area is 99.2 Å². The molecule has 4 nitrogen and oxygen atoms in total. The Morgan fingerprint density at radius 2 is 2.47 bits per heavy atom. The van der Waals surface area contributed by atoms with Crippen LogP contribution in [0.5, 0.6) is 5.75 Å². The molecule has 1 amide bonds. The van der Waals surface area contributed by atoms with Gasteiger partial charge in [-0.3, -0.25) is 4.79 Å². The number of benzene rings is 1. The maximum atomic E-state index is 13.5. The third-order valence-electron chi connectivity index (χ3n) is 2.55. The van der Waals surface area contributed by atoms with Gasteiger partial charge < -0.3 is 15.4 Å². The molecule has 1 unspecified atom stereocenters. The number of carbonyl (C=O) groups is 1. The van der Waals surface area contributed by atoms with Crippen LogP contribution < -0.4 is 15.4 Å². The quantitative estimate of drug-likeness (QED) is 0.839. The molecule has 0 aliphatic carbocycles. The Kier molecular flexibility index (Phi) is 3.46. The Balaban J connectivity index is 2.07. The van der Waals surface area contributed by atoms with Gasteiger partial charge in [0.15, 0.2) is 17.7 Å². The lowest BCUT2D eigenvalue weighted by atomic mass is 10.2. The van der Waals surface area contributed by atoms with Crippen molar-refractivity contribution in [3.05, 3.63) is 24.0 Å². The number of nitrogens with one attached hydrogen (secondary N) is 2. The predicted octanol–water partition coefficient (Wildman–Crippen LogP) is 1.52. The summed E-state index contributed by atoms with van der Waals surface area (Å²) in [6.45, 7) is 2.92. The van der Waals surface area contributed by atoms with Gasteiger partial charge in [0.1, 0.15) is 0 Å². The zero-order valence-corrected chi connectivity index (χ0v) is 9.63. The molecule has 1 atom stereocenters. The highest BCUT2D eigenvalue weighted by molar-refractivity contribution is 5.83. The lowest BCUT2D eigenvalue weighted by Crippen LogP contribution is -2.45. The summed E-state index contributed by atoms with van der Waals surface area (Å²) in [5.41, 5.74) is 0.588.